The van der Waals surface area contributed by atoms with Crippen LogP contribution >= 0.6 is 0 Å². The highest BCUT2D eigenvalue weighted by Gasteiger charge is 2.44. The van der Waals surface area contributed by atoms with Gasteiger partial charge in [-0.1, -0.05) is 0 Å². The van der Waals surface area contributed by atoms with E-state index < -0.39 is 0 Å². The van der Waals surface area contributed by atoms with Crippen LogP contribution in [0.25, 0.3) is 0 Å². The first-order valence-corrected chi connectivity index (χ1v) is 5.81. The quantitative estimate of drug-likeness (QED) is 0.786. The molecule has 1 saturated carbocycles. The van der Waals surface area contributed by atoms with Crippen molar-refractivity contribution in [1.29, 1.82) is 0 Å². The van der Waals surface area contributed by atoms with Crippen molar-refractivity contribution in [3.05, 3.63) is 18.0 Å². The first-order valence-electron chi connectivity index (χ1n) is 5.81. The summed E-state index contributed by atoms with van der Waals surface area (Å²) in [4.78, 5) is 0. The van der Waals surface area contributed by atoms with Crippen LogP contribution in [-0.2, 0) is 11.0 Å². The Labute approximate surface area is 96.5 Å². The maximum atomic E-state index is 9.46. The lowest BCUT2D eigenvalue weighted by atomic mass is 9.63. The van der Waals surface area contributed by atoms with Crippen LogP contribution in [0.2, 0.25) is 0 Å². The van der Waals surface area contributed by atoms with Gasteiger partial charge in [-0.15, -0.1) is 0 Å². The summed E-state index contributed by atoms with van der Waals surface area (Å²) >= 11 is 0. The van der Waals surface area contributed by atoms with E-state index in [0.717, 1.165) is 18.4 Å². The number of hydrogen-bond donors (Lipinski definition) is 2. The molecule has 0 aliphatic heterocycles. The van der Waals surface area contributed by atoms with Gasteiger partial charge in [0, 0.05) is 18.2 Å². The summed E-state index contributed by atoms with van der Waals surface area (Å²) in [5, 5.41) is 13.8. The third kappa shape index (κ3) is 1.76. The first kappa shape index (κ1) is 11.6. The Kier molecular flexibility index (Phi) is 2.59. The van der Waals surface area contributed by atoms with Crippen molar-refractivity contribution in [3.8, 4) is 0 Å². The molecule has 4 nitrogen and oxygen atoms in total. The Morgan fingerprint density at radius 1 is 1.56 bits per heavy atom. The van der Waals surface area contributed by atoms with Gasteiger partial charge in [-0.05, 0) is 39.2 Å². The van der Waals surface area contributed by atoms with Crippen molar-refractivity contribution < 1.29 is 5.11 Å². The summed E-state index contributed by atoms with van der Waals surface area (Å²) in [6.07, 6.45) is 5.29. The van der Waals surface area contributed by atoms with E-state index in [4.69, 9.17) is 5.73 Å². The smallest absolute Gasteiger partial charge is 0.0558 e. The zero-order valence-corrected chi connectivity index (χ0v) is 10.3. The molecule has 3 N–H and O–H groups in total. The lowest BCUT2D eigenvalue weighted by molar-refractivity contribution is 0.0221. The fourth-order valence-electron chi connectivity index (χ4n) is 2.33. The number of rotatable bonds is 2. The van der Waals surface area contributed by atoms with Crippen LogP contribution < -0.4 is 5.73 Å². The second kappa shape index (κ2) is 3.57. The molecule has 2 rings (SSSR count). The van der Waals surface area contributed by atoms with Crippen molar-refractivity contribution in [2.45, 2.75) is 50.7 Å². The summed E-state index contributed by atoms with van der Waals surface area (Å²) in [5.74, 6) is 0. The van der Waals surface area contributed by atoms with E-state index in [9.17, 15) is 5.11 Å². The molecular formula is C12H21N3O. The van der Waals surface area contributed by atoms with Gasteiger partial charge < -0.3 is 10.8 Å². The monoisotopic (exact) mass is 223 g/mol. The zero-order chi connectivity index (χ0) is 12.0. The van der Waals surface area contributed by atoms with Gasteiger partial charge in [0.25, 0.3) is 0 Å². The molecule has 90 valence electrons. The Balaban J connectivity index is 2.25. The van der Waals surface area contributed by atoms with E-state index in [1.807, 2.05) is 10.9 Å². The number of aliphatic hydroxyl groups excluding tert-OH is 1. The molecule has 1 aromatic heterocycles. The average Bonchev–Trinajstić information content (AvgIpc) is 2.60. The van der Waals surface area contributed by atoms with Crippen LogP contribution in [0.3, 0.4) is 0 Å². The topological polar surface area (TPSA) is 64.1 Å². The standard InChI is InChI=1S/C12H21N3O/c1-11(2,3)15-7-9(6-14-15)12(8-13)4-10(16)5-12/h6-7,10,16H,4-5,8,13H2,1-3H3. The molecule has 0 saturated heterocycles. The van der Waals surface area contributed by atoms with Crippen LogP contribution in [0.4, 0.5) is 0 Å². The predicted octanol–water partition coefficient (Wildman–Crippen LogP) is 0.989. The third-order valence-electron chi connectivity index (χ3n) is 3.53. The largest absolute Gasteiger partial charge is 0.393 e. The van der Waals surface area contributed by atoms with Gasteiger partial charge in [0.15, 0.2) is 0 Å². The minimum absolute atomic E-state index is 0.00357. The Morgan fingerprint density at radius 2 is 2.19 bits per heavy atom. The van der Waals surface area contributed by atoms with Crippen molar-refractivity contribution in [2.24, 2.45) is 5.73 Å². The average molecular weight is 223 g/mol. The number of hydrogen-bond acceptors (Lipinski definition) is 3. The summed E-state index contributed by atoms with van der Waals surface area (Å²) in [5.41, 5.74) is 6.95. The molecule has 0 aromatic carbocycles. The second-order valence-electron chi connectivity index (χ2n) is 5.89. The highest BCUT2D eigenvalue weighted by molar-refractivity contribution is 5.26. The highest BCUT2D eigenvalue weighted by atomic mass is 16.3. The van der Waals surface area contributed by atoms with Gasteiger partial charge in [0.05, 0.1) is 17.8 Å². The van der Waals surface area contributed by atoms with Gasteiger partial charge in [-0.25, -0.2) is 0 Å². The van der Waals surface area contributed by atoms with E-state index in [2.05, 4.69) is 32.1 Å². The van der Waals surface area contributed by atoms with Crippen LogP contribution in [0.15, 0.2) is 12.4 Å². The molecule has 1 aromatic rings. The number of nitrogens with zero attached hydrogens (tertiary/aromatic N) is 2. The van der Waals surface area contributed by atoms with Gasteiger partial charge in [-0.3, -0.25) is 4.68 Å². The molecule has 0 radical (unpaired) electrons. The van der Waals surface area contributed by atoms with Crippen molar-refractivity contribution in [3.63, 3.8) is 0 Å². The van der Waals surface area contributed by atoms with Crippen molar-refractivity contribution >= 4 is 0 Å². The van der Waals surface area contributed by atoms with Crippen LogP contribution in [0.5, 0.6) is 0 Å². The maximum Gasteiger partial charge on any atom is 0.0558 e. The summed E-state index contributed by atoms with van der Waals surface area (Å²) < 4.78 is 1.96. The van der Waals surface area contributed by atoms with Crippen LogP contribution in [0.1, 0.15) is 39.2 Å². The fourth-order valence-corrected chi connectivity index (χ4v) is 2.33. The van der Waals surface area contributed by atoms with E-state index in [0.29, 0.717) is 6.54 Å². The minimum Gasteiger partial charge on any atom is -0.393 e. The number of aromatic nitrogens is 2. The van der Waals surface area contributed by atoms with Crippen molar-refractivity contribution in [1.82, 2.24) is 9.78 Å². The Hall–Kier alpha value is -0.870. The number of aliphatic hydroxyl groups is 1. The second-order valence-corrected chi connectivity index (χ2v) is 5.89. The van der Waals surface area contributed by atoms with Gasteiger partial charge >= 0.3 is 0 Å². The third-order valence-corrected chi connectivity index (χ3v) is 3.53. The molecule has 0 bridgehead atoms. The molecule has 4 heteroatoms. The van der Waals surface area contributed by atoms with E-state index in [-0.39, 0.29) is 17.1 Å². The molecule has 1 aliphatic carbocycles. The zero-order valence-electron chi connectivity index (χ0n) is 10.3. The Bertz CT molecular complexity index is 372. The summed E-state index contributed by atoms with van der Waals surface area (Å²) in [7, 11) is 0. The SMILES string of the molecule is CC(C)(C)n1cc(C2(CN)CC(O)C2)cn1. The van der Waals surface area contributed by atoms with E-state index >= 15 is 0 Å². The summed E-state index contributed by atoms with van der Waals surface area (Å²) in [6.45, 7) is 6.94. The van der Waals surface area contributed by atoms with E-state index in [1.165, 1.54) is 0 Å². The Morgan fingerprint density at radius 3 is 2.56 bits per heavy atom. The van der Waals surface area contributed by atoms with Crippen LogP contribution in [-0.4, -0.2) is 27.5 Å². The molecule has 0 unspecified atom stereocenters. The highest BCUT2D eigenvalue weighted by Crippen LogP contribution is 2.43. The molecule has 1 aliphatic rings. The molecular weight excluding hydrogens is 202 g/mol. The minimum atomic E-state index is -0.193. The normalized spacial score (nSPS) is 30.2. The molecule has 0 amide bonds. The van der Waals surface area contributed by atoms with Crippen molar-refractivity contribution in [2.75, 3.05) is 6.54 Å². The molecule has 0 atom stereocenters. The van der Waals surface area contributed by atoms with Gasteiger partial charge in [0.2, 0.25) is 0 Å². The fraction of sp³-hybridized carbons (Fsp3) is 0.750. The maximum absolute atomic E-state index is 9.46. The molecule has 16 heavy (non-hydrogen) atoms. The van der Waals surface area contributed by atoms with Gasteiger partial charge in [-0.2, -0.15) is 5.10 Å². The molecule has 1 heterocycles. The van der Waals surface area contributed by atoms with E-state index in [1.54, 1.807) is 0 Å². The van der Waals surface area contributed by atoms with Crippen LogP contribution in [0, 0.1) is 0 Å². The lowest BCUT2D eigenvalue weighted by Crippen LogP contribution is -2.49. The summed E-state index contributed by atoms with van der Waals surface area (Å²) in [6, 6.07) is 0. The number of nitrogens with two attached hydrogens (primary N) is 1. The predicted molar refractivity (Wildman–Crippen MR) is 63.2 cm³/mol. The first-order chi connectivity index (χ1) is 7.37. The molecule has 1 fully saturated rings. The lowest BCUT2D eigenvalue weighted by Gasteiger charge is -2.44. The molecule has 0 spiro atoms. The van der Waals surface area contributed by atoms with Gasteiger partial charge in [0.1, 0.15) is 0 Å².